The van der Waals surface area contributed by atoms with E-state index in [9.17, 15) is 15.3 Å². The summed E-state index contributed by atoms with van der Waals surface area (Å²) in [5, 5.41) is 29.2. The summed E-state index contributed by atoms with van der Waals surface area (Å²) >= 11 is 0. The normalized spacial score (nSPS) is 12.4. The van der Waals surface area contributed by atoms with Crippen LogP contribution in [0.5, 0.6) is 0 Å². The lowest BCUT2D eigenvalue weighted by Crippen LogP contribution is -2.39. The largest absolute Gasteiger partial charge is 0.396 e. The van der Waals surface area contributed by atoms with Crippen LogP contribution < -0.4 is 0 Å². The van der Waals surface area contributed by atoms with Crippen molar-refractivity contribution in [3.05, 3.63) is 0 Å². The standard InChI is InChI=1S/C37H76O10/c1-5-9-13-17-41-21-34(22-42-18-14-10-6-2)25-45-27-36(29-47-33-37(30-38,31-39)32-40)28-46-26-35(23-43-19-15-11-7-3)24-44-20-16-12-8-4/h34-36,38-40H,5-33H2,1-4H3. The molecular weight excluding hydrogens is 604 g/mol. The van der Waals surface area contributed by atoms with Crippen molar-refractivity contribution in [3.8, 4) is 0 Å². The molecule has 0 rings (SSSR count). The fourth-order valence-corrected chi connectivity index (χ4v) is 4.78. The summed E-state index contributed by atoms with van der Waals surface area (Å²) in [6.07, 6.45) is 13.5. The average molecular weight is 681 g/mol. The van der Waals surface area contributed by atoms with E-state index in [4.69, 9.17) is 33.2 Å². The molecule has 0 spiro atoms. The highest BCUT2D eigenvalue weighted by Crippen LogP contribution is 2.16. The second kappa shape index (κ2) is 35.4. The number of hydrogen-bond donors (Lipinski definition) is 3. The van der Waals surface area contributed by atoms with Crippen LogP contribution in [0.3, 0.4) is 0 Å². The minimum absolute atomic E-state index is 0.0344. The Morgan fingerprint density at radius 2 is 0.617 bits per heavy atom. The van der Waals surface area contributed by atoms with Gasteiger partial charge in [0.25, 0.3) is 0 Å². The third-order valence-electron chi connectivity index (χ3n) is 8.17. The maximum Gasteiger partial charge on any atom is 0.0629 e. The summed E-state index contributed by atoms with van der Waals surface area (Å²) in [5.41, 5.74) is -1.09. The van der Waals surface area contributed by atoms with E-state index >= 15 is 0 Å². The van der Waals surface area contributed by atoms with Crippen LogP contribution in [-0.4, -0.2) is 128 Å². The second-order valence-electron chi connectivity index (χ2n) is 13.3. The third-order valence-corrected chi connectivity index (χ3v) is 8.17. The first-order valence-corrected chi connectivity index (χ1v) is 18.9. The first-order chi connectivity index (χ1) is 23.0. The number of aliphatic hydroxyl groups is 3. The summed E-state index contributed by atoms with van der Waals surface area (Å²) in [7, 11) is 0. The van der Waals surface area contributed by atoms with Crippen molar-refractivity contribution in [1.29, 1.82) is 0 Å². The topological polar surface area (TPSA) is 125 Å². The molecule has 0 aromatic rings. The number of ether oxygens (including phenoxy) is 7. The Hall–Kier alpha value is -0.400. The molecule has 0 unspecified atom stereocenters. The summed E-state index contributed by atoms with van der Waals surface area (Å²) in [6, 6.07) is 0. The molecule has 0 aliphatic carbocycles. The van der Waals surface area contributed by atoms with E-state index in [1.165, 1.54) is 0 Å². The third kappa shape index (κ3) is 28.0. The number of aliphatic hydroxyl groups excluding tert-OH is 3. The van der Waals surface area contributed by atoms with E-state index in [0.717, 1.165) is 103 Å². The SMILES string of the molecule is CCCCCOCC(COCCCCC)COCC(COCC(COCCCCC)COCCCCC)COCC(CO)(CO)CO. The van der Waals surface area contributed by atoms with Crippen LogP contribution in [-0.2, 0) is 33.2 Å². The zero-order valence-electron chi connectivity index (χ0n) is 30.9. The molecule has 47 heavy (non-hydrogen) atoms. The zero-order chi connectivity index (χ0) is 34.7. The Morgan fingerprint density at radius 1 is 0.362 bits per heavy atom. The van der Waals surface area contributed by atoms with Crippen molar-refractivity contribution < 1.29 is 48.5 Å². The van der Waals surface area contributed by atoms with Gasteiger partial charge in [0, 0.05) is 44.2 Å². The monoisotopic (exact) mass is 681 g/mol. The quantitative estimate of drug-likeness (QED) is 0.0699. The molecule has 0 bridgehead atoms. The Balaban J connectivity index is 5.15. The maximum atomic E-state index is 9.72. The van der Waals surface area contributed by atoms with Gasteiger partial charge in [-0.2, -0.15) is 0 Å². The van der Waals surface area contributed by atoms with Crippen LogP contribution in [0.25, 0.3) is 0 Å². The van der Waals surface area contributed by atoms with Gasteiger partial charge in [0.15, 0.2) is 0 Å². The van der Waals surface area contributed by atoms with Gasteiger partial charge in [-0.3, -0.25) is 0 Å². The van der Waals surface area contributed by atoms with Crippen LogP contribution in [0, 0.1) is 23.2 Å². The fourth-order valence-electron chi connectivity index (χ4n) is 4.78. The summed E-state index contributed by atoms with van der Waals surface area (Å²) in [5.74, 6) is 0.174. The molecule has 0 saturated heterocycles. The van der Waals surface area contributed by atoms with Gasteiger partial charge in [-0.25, -0.2) is 0 Å². The molecular formula is C37H76O10. The molecule has 0 radical (unpaired) electrons. The average Bonchev–Trinajstić information content (AvgIpc) is 3.09. The van der Waals surface area contributed by atoms with Crippen LogP contribution in [0.1, 0.15) is 105 Å². The number of rotatable bonds is 39. The molecule has 0 fully saturated rings. The van der Waals surface area contributed by atoms with Crippen molar-refractivity contribution in [2.45, 2.75) is 105 Å². The number of hydrogen-bond acceptors (Lipinski definition) is 10. The lowest BCUT2D eigenvalue weighted by Gasteiger charge is -2.28. The predicted molar refractivity (Wildman–Crippen MR) is 188 cm³/mol. The molecule has 3 N–H and O–H groups in total. The van der Waals surface area contributed by atoms with Gasteiger partial charge in [-0.15, -0.1) is 0 Å². The van der Waals surface area contributed by atoms with Crippen molar-refractivity contribution in [2.75, 3.05) is 112 Å². The van der Waals surface area contributed by atoms with Crippen LogP contribution in [0.15, 0.2) is 0 Å². The summed E-state index contributed by atoms with van der Waals surface area (Å²) in [4.78, 5) is 0. The van der Waals surface area contributed by atoms with Gasteiger partial charge >= 0.3 is 0 Å². The van der Waals surface area contributed by atoms with Gasteiger partial charge in [-0.1, -0.05) is 79.1 Å². The lowest BCUT2D eigenvalue weighted by molar-refractivity contribution is -0.0838. The van der Waals surface area contributed by atoms with Crippen LogP contribution in [0.2, 0.25) is 0 Å². The van der Waals surface area contributed by atoms with Crippen molar-refractivity contribution in [1.82, 2.24) is 0 Å². The molecule has 10 nitrogen and oxygen atoms in total. The highest BCUT2D eigenvalue weighted by Gasteiger charge is 2.29. The van der Waals surface area contributed by atoms with Gasteiger partial charge in [0.1, 0.15) is 0 Å². The first kappa shape index (κ1) is 46.6. The summed E-state index contributed by atoms with van der Waals surface area (Å²) < 4.78 is 42.2. The predicted octanol–water partition coefficient (Wildman–Crippen LogP) is 5.68. The van der Waals surface area contributed by atoms with E-state index < -0.39 is 5.41 Å². The first-order valence-electron chi connectivity index (χ1n) is 18.9. The highest BCUT2D eigenvalue weighted by molar-refractivity contribution is 4.76. The molecule has 0 aromatic heterocycles. The Bertz CT molecular complexity index is 533. The molecule has 10 heteroatoms. The molecule has 0 saturated carbocycles. The molecule has 0 aliphatic rings. The highest BCUT2D eigenvalue weighted by atomic mass is 16.5. The van der Waals surface area contributed by atoms with Crippen LogP contribution in [0.4, 0.5) is 0 Å². The van der Waals surface area contributed by atoms with Crippen molar-refractivity contribution >= 4 is 0 Å². The second-order valence-corrected chi connectivity index (χ2v) is 13.3. The minimum Gasteiger partial charge on any atom is -0.396 e. The van der Waals surface area contributed by atoms with Crippen molar-refractivity contribution in [2.24, 2.45) is 23.2 Å². The molecule has 0 amide bonds. The molecule has 0 aromatic carbocycles. The maximum absolute atomic E-state index is 9.72. The van der Waals surface area contributed by atoms with Gasteiger partial charge < -0.3 is 48.5 Å². The van der Waals surface area contributed by atoms with E-state index in [2.05, 4.69) is 27.7 Å². The minimum atomic E-state index is -1.09. The van der Waals surface area contributed by atoms with E-state index in [-0.39, 0.29) is 44.2 Å². The van der Waals surface area contributed by atoms with E-state index in [1.54, 1.807) is 0 Å². The van der Waals surface area contributed by atoms with Crippen molar-refractivity contribution in [3.63, 3.8) is 0 Å². The zero-order valence-corrected chi connectivity index (χ0v) is 30.9. The van der Waals surface area contributed by atoms with Crippen LogP contribution >= 0.6 is 0 Å². The molecule has 0 heterocycles. The number of unbranched alkanes of at least 4 members (excludes halogenated alkanes) is 8. The van der Waals surface area contributed by atoms with E-state index in [1.807, 2.05) is 0 Å². The fraction of sp³-hybridized carbons (Fsp3) is 1.00. The molecule has 0 aliphatic heterocycles. The summed E-state index contributed by atoms with van der Waals surface area (Å²) in [6.45, 7) is 15.2. The van der Waals surface area contributed by atoms with Gasteiger partial charge in [0.2, 0.25) is 0 Å². The Morgan fingerprint density at radius 3 is 0.872 bits per heavy atom. The van der Waals surface area contributed by atoms with Gasteiger partial charge in [-0.05, 0) is 25.7 Å². The Kier molecular flexibility index (Phi) is 35.1. The lowest BCUT2D eigenvalue weighted by atomic mass is 9.92. The molecule has 284 valence electrons. The van der Waals surface area contributed by atoms with E-state index in [0.29, 0.717) is 59.5 Å². The molecule has 0 atom stereocenters. The smallest absolute Gasteiger partial charge is 0.0629 e. The van der Waals surface area contributed by atoms with Gasteiger partial charge in [0.05, 0.1) is 91.3 Å². The Labute approximate surface area is 288 Å².